The second kappa shape index (κ2) is 35.9. The van der Waals surface area contributed by atoms with Crippen LogP contribution in [0.1, 0.15) is 365 Å². The molecule has 0 aromatic heterocycles. The van der Waals surface area contributed by atoms with E-state index in [1.54, 1.807) is 44.6 Å². The van der Waals surface area contributed by atoms with Gasteiger partial charge in [-0.05, 0) is 336 Å². The molecule has 20 rings (SSSR count). The van der Waals surface area contributed by atoms with Crippen molar-refractivity contribution in [2.75, 3.05) is 0 Å². The number of hydrogen-bond donors (Lipinski definition) is 0. The Balaban J connectivity index is 0.000000123. The van der Waals surface area contributed by atoms with Gasteiger partial charge < -0.3 is 18.3 Å². The van der Waals surface area contributed by atoms with Crippen LogP contribution < -0.4 is 0 Å². The highest BCUT2D eigenvalue weighted by Gasteiger charge is 2.63. The average molecular weight is 1850 g/mol. The van der Waals surface area contributed by atoms with Crippen LogP contribution in [-0.2, 0) is 21.7 Å². The maximum absolute atomic E-state index is 3.12. The van der Waals surface area contributed by atoms with Gasteiger partial charge in [0.05, 0.1) is 0 Å². The van der Waals surface area contributed by atoms with Gasteiger partial charge in [0.15, 0.2) is 0 Å². The summed E-state index contributed by atoms with van der Waals surface area (Å²) in [5.41, 5.74) is 29.7. The van der Waals surface area contributed by atoms with E-state index in [1.807, 2.05) is 0 Å². The van der Waals surface area contributed by atoms with Crippen molar-refractivity contribution in [2.45, 2.75) is 463 Å². The van der Waals surface area contributed by atoms with Gasteiger partial charge in [0.25, 0.3) is 0 Å². The first-order chi connectivity index (χ1) is 61.8. The summed E-state index contributed by atoms with van der Waals surface area (Å²) < 4.78 is 12.5. The molecule has 0 saturated heterocycles. The van der Waals surface area contributed by atoms with E-state index in [0.29, 0.717) is 29.6 Å². The van der Waals surface area contributed by atoms with Gasteiger partial charge in [-0.15, -0.1) is 0 Å². The monoisotopic (exact) mass is 1850 g/mol. The topological polar surface area (TPSA) is 13.0 Å². The van der Waals surface area contributed by atoms with E-state index in [1.165, 1.54) is 199 Å². The molecule has 0 amide bonds. The zero-order valence-corrected chi connectivity index (χ0v) is 94.2. The lowest BCUT2D eigenvalue weighted by Gasteiger charge is -2.56. The van der Waals surface area contributed by atoms with Crippen LogP contribution in [0.3, 0.4) is 0 Å². The van der Waals surface area contributed by atoms with Crippen molar-refractivity contribution in [3.05, 3.63) is 212 Å². The molecule has 4 aromatic rings. The molecule has 8 fully saturated rings. The highest BCUT2D eigenvalue weighted by Crippen LogP contribution is 2.68. The highest BCUT2D eigenvalue weighted by atomic mass is 28.3. The summed E-state index contributed by atoms with van der Waals surface area (Å²) in [6.45, 7) is 81.7. The van der Waals surface area contributed by atoms with Crippen molar-refractivity contribution in [3.63, 3.8) is 0 Å². The molecule has 4 nitrogen and oxygen atoms in total. The zero-order valence-electron chi connectivity index (χ0n) is 90.2. The SMILES string of the molecule is CC1(C)C2=CC3CCC([Si](C)(C)N(C4CCCCC4)C(C)(C)C)C3C=C2c2ccccc21.CC1C(C)C([Si](C)(C)N(C2CCCCC2)C(C)(C)C)C2C=C3C(=CC12)C(C)(C)c1ccccc13.CC1CC([Si](C)(C)N(C2CCCCC2)C(C)(C)C)C2C=C3C(=CC12)C(C)(C)c1ccccc13.CC1CC2C=C3C(=CC2C1[Si](C)(C)N(C1CCCCC1)C(C)(C)C)c1ccccc1C3(C)C. The fraction of sp³-hybridized carbons (Fsp3) is 0.677. The summed E-state index contributed by atoms with van der Waals surface area (Å²) in [6.07, 6.45) is 56.1. The number of fused-ring (bicyclic) bond motifs is 16. The Morgan fingerprint density at radius 2 is 0.553 bits per heavy atom. The maximum Gasteiger partial charge on any atom is 0.127 e. The lowest BCUT2D eigenvalue weighted by Crippen LogP contribution is -2.65. The molecule has 132 heavy (non-hydrogen) atoms. The molecule has 0 aliphatic heterocycles. The molecule has 8 heteroatoms. The zero-order chi connectivity index (χ0) is 95.0. The summed E-state index contributed by atoms with van der Waals surface area (Å²) in [5, 5.41) is 0. The fourth-order valence-corrected chi connectivity index (χ4v) is 58.8. The average Bonchev–Trinajstić information content (AvgIpc) is 1.56. The molecule has 8 saturated carbocycles. The lowest BCUT2D eigenvalue weighted by atomic mass is 9.75. The highest BCUT2D eigenvalue weighted by molar-refractivity contribution is 6.78. The Kier molecular flexibility index (Phi) is 27.0. The molecule has 0 spiro atoms. The van der Waals surface area contributed by atoms with Crippen molar-refractivity contribution in [1.29, 1.82) is 0 Å². The molecule has 4 aromatic carbocycles. The van der Waals surface area contributed by atoms with Gasteiger partial charge in [0, 0.05) is 68.0 Å². The second-order valence-electron chi connectivity index (χ2n) is 55.0. The summed E-state index contributed by atoms with van der Waals surface area (Å²) in [5.74, 6) is 8.79. The van der Waals surface area contributed by atoms with Gasteiger partial charge in [-0.3, -0.25) is 0 Å². The van der Waals surface area contributed by atoms with E-state index in [9.17, 15) is 0 Å². The molecule has 16 unspecified atom stereocenters. The van der Waals surface area contributed by atoms with E-state index < -0.39 is 32.9 Å². The first-order valence-electron chi connectivity index (χ1n) is 55.1. The number of nitrogens with zero attached hydrogens (tertiary/aromatic N) is 4. The molecule has 16 aliphatic rings. The molecule has 16 atom stereocenters. The summed E-state index contributed by atoms with van der Waals surface area (Å²) in [7, 11) is -6.78. The third kappa shape index (κ3) is 17.2. The van der Waals surface area contributed by atoms with Gasteiger partial charge in [-0.2, -0.15) is 0 Å². The van der Waals surface area contributed by atoms with E-state index in [0.717, 1.165) is 87.8 Å². The molecule has 720 valence electrons. The van der Waals surface area contributed by atoms with Crippen molar-refractivity contribution in [2.24, 2.45) is 71.0 Å². The van der Waals surface area contributed by atoms with Crippen molar-refractivity contribution >= 4 is 55.2 Å². The van der Waals surface area contributed by atoms with Crippen LogP contribution in [0.25, 0.3) is 22.3 Å². The quantitative estimate of drug-likeness (QED) is 0.131. The lowest BCUT2D eigenvalue weighted by molar-refractivity contribution is 0.138. The van der Waals surface area contributed by atoms with Gasteiger partial charge in [0.2, 0.25) is 0 Å². The first-order valence-corrected chi connectivity index (χ1v) is 67.2. The summed E-state index contributed by atoms with van der Waals surface area (Å²) in [4.78, 5) is 0. The molecular weight excluding hydrogens is 1660 g/mol. The predicted octanol–water partition coefficient (Wildman–Crippen LogP) is 34.3. The van der Waals surface area contributed by atoms with Crippen LogP contribution >= 0.6 is 0 Å². The van der Waals surface area contributed by atoms with Crippen LogP contribution in [-0.4, -0.2) is 97.5 Å². The van der Waals surface area contributed by atoms with Gasteiger partial charge >= 0.3 is 0 Å². The second-order valence-corrected chi connectivity index (χ2v) is 73.0. The molecule has 0 heterocycles. The molecular formula is C124H188N4Si4. The van der Waals surface area contributed by atoms with Crippen LogP contribution in [0.15, 0.2) is 168 Å². The molecule has 0 N–H and O–H groups in total. The Labute approximate surface area is 813 Å². The smallest absolute Gasteiger partial charge is 0.127 e. The molecule has 0 bridgehead atoms. The number of allylic oxidation sites excluding steroid dienone is 16. The largest absolute Gasteiger partial charge is 0.316 e. The number of benzene rings is 4. The van der Waals surface area contributed by atoms with Crippen LogP contribution in [0.5, 0.6) is 0 Å². The first kappa shape index (κ1) is 99.1. The fourth-order valence-electron chi connectivity index (χ4n) is 35.7. The molecule has 16 aliphatic carbocycles. The minimum Gasteiger partial charge on any atom is -0.316 e. The van der Waals surface area contributed by atoms with E-state index >= 15 is 0 Å². The van der Waals surface area contributed by atoms with E-state index in [4.69, 9.17) is 0 Å². The minimum absolute atomic E-state index is 0.126. The Bertz CT molecular complexity index is 5130. The Morgan fingerprint density at radius 3 is 0.917 bits per heavy atom. The number of rotatable bonds is 12. The van der Waals surface area contributed by atoms with Crippen LogP contribution in [0.4, 0.5) is 0 Å². The maximum atomic E-state index is 3.12. The van der Waals surface area contributed by atoms with Crippen molar-refractivity contribution in [1.82, 2.24) is 18.3 Å². The third-order valence-corrected chi connectivity index (χ3v) is 59.1. The third-order valence-electron chi connectivity index (χ3n) is 39.9. The van der Waals surface area contributed by atoms with Crippen molar-refractivity contribution < 1.29 is 0 Å². The van der Waals surface area contributed by atoms with Crippen LogP contribution in [0.2, 0.25) is 74.5 Å². The Hall–Kier alpha value is -4.49. The van der Waals surface area contributed by atoms with Crippen molar-refractivity contribution in [3.8, 4) is 0 Å². The molecule has 0 radical (unpaired) electrons. The standard InChI is InChI=1S/C32H49NSi.2C31H47NSi.C30H45NSi/c1-21-22(2)30(34(8,9)33(31(3,4)5)23-15-11-10-12-16-23)27-19-26-24-17-13-14-18-28(24)32(6,7)29(26)20-25(21)27;1-21-18-22-19-28-26(24-16-12-13-17-27(24)31(28,5)6)20-25(22)29(21)33(7,8)32(30(2,3)4)23-14-10-9-11-15-23;1-21-18-29(33(7,8)32(30(2,3)4)22-14-10-9-11-15-22)26-19-25-23-16-12-13-17-27(23)31(5,6)28(25)20-24(21)26;1-29(2,3)31(22-13-9-8-10-14-22)32(6,7)28-18-17-21-19-27-25(20-24(21)28)23-15-11-12-16-26(23)30(27,4)5/h13-14,17-23,25,27,30H,10-12,15-16H2,1-9H3;12-13,16-17,19-23,25,29H,9-11,14-15,18H2,1-8H3;12-13,16-17,19-22,24,26,29H,9-11,14-15,18H2,1-8H3;11-12,15-16,19-22,24,28H,8-10,13-14,17-18H2,1-7H3. The number of hydrogen-bond acceptors (Lipinski definition) is 4. The van der Waals surface area contributed by atoms with E-state index in [2.05, 4.69) is 382 Å². The van der Waals surface area contributed by atoms with Gasteiger partial charge in [0.1, 0.15) is 32.9 Å². The summed E-state index contributed by atoms with van der Waals surface area (Å²) >= 11 is 0. The van der Waals surface area contributed by atoms with Gasteiger partial charge in [-0.25, -0.2) is 0 Å². The predicted molar refractivity (Wildman–Crippen MR) is 584 cm³/mol. The normalized spacial score (nSPS) is 31.7. The van der Waals surface area contributed by atoms with Gasteiger partial charge in [-0.1, -0.05) is 365 Å². The van der Waals surface area contributed by atoms with E-state index in [-0.39, 0.29) is 43.8 Å². The Morgan fingerprint density at radius 1 is 0.258 bits per heavy atom. The van der Waals surface area contributed by atoms with Crippen LogP contribution in [0, 0.1) is 71.0 Å². The minimum atomic E-state index is -1.75. The summed E-state index contributed by atoms with van der Waals surface area (Å²) in [6, 6.07) is 40.0.